The third kappa shape index (κ3) is 0.891. The molecule has 0 aromatic heterocycles. The summed E-state index contributed by atoms with van der Waals surface area (Å²) in [5.74, 6) is 4.38. The van der Waals surface area contributed by atoms with Crippen LogP contribution in [0, 0.1) is 23.7 Å². The van der Waals surface area contributed by atoms with Crippen molar-refractivity contribution in [2.45, 2.75) is 38.1 Å². The van der Waals surface area contributed by atoms with Crippen LogP contribution in [0.1, 0.15) is 32.1 Å². The summed E-state index contributed by atoms with van der Waals surface area (Å²) in [6.45, 7) is 0. The fraction of sp³-hybridized carbons (Fsp3) is 1.00. The van der Waals surface area contributed by atoms with Gasteiger partial charge in [-0.25, -0.2) is 0 Å². The van der Waals surface area contributed by atoms with Crippen molar-refractivity contribution in [3.05, 3.63) is 0 Å². The van der Waals surface area contributed by atoms with Crippen molar-refractivity contribution in [1.82, 2.24) is 5.32 Å². The number of hydrogen-bond donors (Lipinski definition) is 1. The van der Waals surface area contributed by atoms with Crippen LogP contribution in [-0.2, 0) is 0 Å². The van der Waals surface area contributed by atoms with Gasteiger partial charge in [-0.15, -0.1) is 0 Å². The minimum absolute atomic E-state index is 0.876. The Balaban J connectivity index is 1.88. The molecule has 0 heterocycles. The van der Waals surface area contributed by atoms with E-state index in [0.717, 1.165) is 29.7 Å². The molecular formula is C11H19N. The molecule has 1 nitrogen and oxygen atoms in total. The van der Waals surface area contributed by atoms with Crippen molar-refractivity contribution in [1.29, 1.82) is 0 Å². The molecule has 1 heteroatoms. The van der Waals surface area contributed by atoms with Crippen molar-refractivity contribution in [3.8, 4) is 0 Å². The van der Waals surface area contributed by atoms with Crippen LogP contribution in [0.3, 0.4) is 0 Å². The van der Waals surface area contributed by atoms with Crippen LogP contribution >= 0.6 is 0 Å². The number of hydrogen-bond acceptors (Lipinski definition) is 1. The summed E-state index contributed by atoms with van der Waals surface area (Å²) in [6, 6.07) is 0.876. The second kappa shape index (κ2) is 2.47. The fourth-order valence-electron chi connectivity index (χ4n) is 4.29. The van der Waals surface area contributed by atoms with Gasteiger partial charge in [0.25, 0.3) is 0 Å². The van der Waals surface area contributed by atoms with Gasteiger partial charge in [0, 0.05) is 6.04 Å². The molecule has 3 aliphatic rings. The normalized spacial score (nSPS) is 56.2. The van der Waals surface area contributed by atoms with E-state index in [1.54, 1.807) is 25.7 Å². The highest BCUT2D eigenvalue weighted by Gasteiger charge is 2.48. The Bertz CT molecular complexity index is 187. The Morgan fingerprint density at radius 2 is 1.67 bits per heavy atom. The van der Waals surface area contributed by atoms with Crippen LogP contribution in [0.4, 0.5) is 0 Å². The smallest absolute Gasteiger partial charge is 0.00977 e. The highest BCUT2D eigenvalue weighted by atomic mass is 14.9. The molecule has 3 fully saturated rings. The second-order valence-electron chi connectivity index (χ2n) is 5.23. The molecule has 0 aromatic rings. The molecule has 0 radical (unpaired) electrons. The molecule has 3 aliphatic carbocycles. The van der Waals surface area contributed by atoms with Crippen LogP contribution in [0.15, 0.2) is 0 Å². The van der Waals surface area contributed by atoms with E-state index in [9.17, 15) is 0 Å². The SMILES string of the molecule is CN[C@H]1C[C@H]2C[C@@H]3C[C@H](C2)[C@H]1C3. The first-order chi connectivity index (χ1) is 5.86. The Morgan fingerprint density at radius 3 is 2.42 bits per heavy atom. The third-order valence-electron chi connectivity index (χ3n) is 4.62. The van der Waals surface area contributed by atoms with Gasteiger partial charge >= 0.3 is 0 Å². The van der Waals surface area contributed by atoms with Crippen LogP contribution < -0.4 is 5.32 Å². The predicted molar refractivity (Wildman–Crippen MR) is 49.9 cm³/mol. The summed E-state index contributed by atoms with van der Waals surface area (Å²) in [4.78, 5) is 0. The molecule has 68 valence electrons. The average molecular weight is 165 g/mol. The van der Waals surface area contributed by atoms with Gasteiger partial charge < -0.3 is 5.32 Å². The fourth-order valence-corrected chi connectivity index (χ4v) is 4.29. The van der Waals surface area contributed by atoms with Gasteiger partial charge in [-0.2, -0.15) is 0 Å². The van der Waals surface area contributed by atoms with Crippen LogP contribution in [0.2, 0.25) is 0 Å². The largest absolute Gasteiger partial charge is 0.317 e. The van der Waals surface area contributed by atoms with Gasteiger partial charge in [0.1, 0.15) is 0 Å². The standard InChI is InChI=1S/C11H19N/c1-12-11-6-8-2-7-3-9(4-8)10(11)5-7/h7-12H,2-6H2,1H3/t7-,8+,9-,10-,11+/m1/s1. The summed E-state index contributed by atoms with van der Waals surface area (Å²) >= 11 is 0. The van der Waals surface area contributed by atoms with E-state index in [0.29, 0.717) is 0 Å². The average Bonchev–Trinajstić information content (AvgIpc) is 2.29. The molecule has 3 rings (SSSR count). The molecule has 3 bridgehead atoms. The van der Waals surface area contributed by atoms with Crippen LogP contribution in [-0.4, -0.2) is 13.1 Å². The molecule has 0 unspecified atom stereocenters. The van der Waals surface area contributed by atoms with Gasteiger partial charge in [-0.3, -0.25) is 0 Å². The lowest BCUT2D eigenvalue weighted by Crippen LogP contribution is -2.41. The molecule has 1 N–H and O–H groups in total. The van der Waals surface area contributed by atoms with Crippen LogP contribution in [0.5, 0.6) is 0 Å². The van der Waals surface area contributed by atoms with Crippen molar-refractivity contribution < 1.29 is 0 Å². The van der Waals surface area contributed by atoms with E-state index < -0.39 is 0 Å². The van der Waals surface area contributed by atoms with E-state index in [4.69, 9.17) is 0 Å². The zero-order chi connectivity index (χ0) is 8.13. The molecule has 3 saturated carbocycles. The Kier molecular flexibility index (Phi) is 1.52. The maximum atomic E-state index is 3.53. The molecule has 0 spiro atoms. The Hall–Kier alpha value is -0.0400. The lowest BCUT2D eigenvalue weighted by Gasteiger charge is -2.39. The van der Waals surface area contributed by atoms with E-state index in [1.165, 1.54) is 6.42 Å². The number of rotatable bonds is 1. The minimum Gasteiger partial charge on any atom is -0.317 e. The molecule has 12 heavy (non-hydrogen) atoms. The maximum Gasteiger partial charge on any atom is 0.00977 e. The first-order valence-corrected chi connectivity index (χ1v) is 5.54. The van der Waals surface area contributed by atoms with Crippen LogP contribution in [0.25, 0.3) is 0 Å². The summed E-state index contributed by atoms with van der Waals surface area (Å²) in [7, 11) is 2.16. The van der Waals surface area contributed by atoms with E-state index in [-0.39, 0.29) is 0 Å². The van der Waals surface area contributed by atoms with Gasteiger partial charge in [-0.1, -0.05) is 0 Å². The van der Waals surface area contributed by atoms with Gasteiger partial charge in [-0.05, 0) is 62.8 Å². The third-order valence-corrected chi connectivity index (χ3v) is 4.62. The molecule has 0 saturated heterocycles. The molecule has 5 atom stereocenters. The summed E-state index contributed by atoms with van der Waals surface area (Å²) in [5.41, 5.74) is 0. The predicted octanol–water partition coefficient (Wildman–Crippen LogP) is 2.03. The van der Waals surface area contributed by atoms with E-state index in [2.05, 4.69) is 12.4 Å². The zero-order valence-corrected chi connectivity index (χ0v) is 7.92. The minimum atomic E-state index is 0.876. The number of nitrogens with one attached hydrogen (secondary N) is 1. The molecular weight excluding hydrogens is 146 g/mol. The summed E-state index contributed by atoms with van der Waals surface area (Å²) in [6.07, 6.45) is 7.73. The lowest BCUT2D eigenvalue weighted by atomic mass is 9.70. The lowest BCUT2D eigenvalue weighted by molar-refractivity contribution is 0.142. The number of fused-ring (bicyclic) bond motifs is 2. The molecule has 0 aromatic carbocycles. The van der Waals surface area contributed by atoms with Gasteiger partial charge in [0.15, 0.2) is 0 Å². The van der Waals surface area contributed by atoms with Gasteiger partial charge in [0.05, 0.1) is 0 Å². The quantitative estimate of drug-likeness (QED) is 0.627. The topological polar surface area (TPSA) is 12.0 Å². The van der Waals surface area contributed by atoms with Gasteiger partial charge in [0.2, 0.25) is 0 Å². The molecule has 0 aliphatic heterocycles. The van der Waals surface area contributed by atoms with E-state index >= 15 is 0 Å². The second-order valence-corrected chi connectivity index (χ2v) is 5.23. The molecule has 0 amide bonds. The summed E-state index contributed by atoms with van der Waals surface area (Å²) in [5, 5.41) is 3.53. The van der Waals surface area contributed by atoms with E-state index in [1.807, 2.05) is 0 Å². The zero-order valence-electron chi connectivity index (χ0n) is 7.92. The Labute approximate surface area is 74.9 Å². The first kappa shape index (κ1) is 7.37. The van der Waals surface area contributed by atoms with Crippen molar-refractivity contribution in [3.63, 3.8) is 0 Å². The van der Waals surface area contributed by atoms with Crippen molar-refractivity contribution in [2.75, 3.05) is 7.05 Å². The Morgan fingerprint density at radius 1 is 0.917 bits per heavy atom. The maximum absolute atomic E-state index is 3.53. The monoisotopic (exact) mass is 165 g/mol. The first-order valence-electron chi connectivity index (χ1n) is 5.54. The highest BCUT2D eigenvalue weighted by Crippen LogP contribution is 2.54. The van der Waals surface area contributed by atoms with Crippen molar-refractivity contribution >= 4 is 0 Å². The van der Waals surface area contributed by atoms with Crippen molar-refractivity contribution in [2.24, 2.45) is 23.7 Å². The highest BCUT2D eigenvalue weighted by molar-refractivity contribution is 5.00. The summed E-state index contributed by atoms with van der Waals surface area (Å²) < 4.78 is 0.